The number of hydrogen-bond donors (Lipinski definition) is 3. The van der Waals surface area contributed by atoms with Gasteiger partial charge in [-0.25, -0.2) is 14.8 Å². The van der Waals surface area contributed by atoms with Crippen molar-refractivity contribution in [2.45, 2.75) is 6.92 Å². The summed E-state index contributed by atoms with van der Waals surface area (Å²) in [5.41, 5.74) is 0.675. The lowest BCUT2D eigenvalue weighted by Gasteiger charge is -1.81. The minimum absolute atomic E-state index is 0.192. The van der Waals surface area contributed by atoms with Gasteiger partial charge in [-0.05, 0) is 6.92 Å². The molecule has 0 aromatic carbocycles. The quantitative estimate of drug-likeness (QED) is 0.600. The number of H-pyrrole nitrogens is 2. The zero-order chi connectivity index (χ0) is 12.0. The highest BCUT2D eigenvalue weighted by Gasteiger charge is 1.97. The summed E-state index contributed by atoms with van der Waals surface area (Å²) >= 11 is 0. The lowest BCUT2D eigenvalue weighted by molar-refractivity contribution is -0.131. The number of fused-ring (bicyclic) bond motifs is 1. The van der Waals surface area contributed by atoms with E-state index in [0.29, 0.717) is 11.2 Å². The van der Waals surface area contributed by atoms with Gasteiger partial charge in [0.1, 0.15) is 0 Å². The van der Waals surface area contributed by atoms with Crippen LogP contribution in [0.2, 0.25) is 0 Å². The number of allylic oxidation sites excluding steroid dienone is 1. The Bertz CT molecular complexity index is 555. The third-order valence-electron chi connectivity index (χ3n) is 1.54. The van der Waals surface area contributed by atoms with E-state index in [9.17, 15) is 9.59 Å². The Morgan fingerprint density at radius 2 is 2.00 bits per heavy atom. The molecule has 0 amide bonds. The predicted octanol–water partition coefficient (Wildman–Crippen LogP) is 0.293. The minimum Gasteiger partial charge on any atom is -0.478 e. The molecule has 2 aromatic rings. The molecular formula is C9H10N4O3. The molecule has 7 nitrogen and oxygen atoms in total. The van der Waals surface area contributed by atoms with Crippen LogP contribution in [0.3, 0.4) is 0 Å². The summed E-state index contributed by atoms with van der Waals surface area (Å²) in [5, 5.41) is 7.83. The fraction of sp³-hybridized carbons (Fsp3) is 0.111. The fourth-order valence-electron chi connectivity index (χ4n) is 0.919. The third-order valence-corrected chi connectivity index (χ3v) is 1.54. The van der Waals surface area contributed by atoms with Crippen molar-refractivity contribution in [3.8, 4) is 0 Å². The van der Waals surface area contributed by atoms with Gasteiger partial charge in [-0.15, -0.1) is 0 Å². The number of carboxylic acids is 1. The lowest BCUT2D eigenvalue weighted by Crippen LogP contribution is -2.05. The highest BCUT2D eigenvalue weighted by Crippen LogP contribution is 1.94. The number of carbonyl (C=O) groups is 1. The molecule has 2 rings (SSSR count). The number of nitrogens with one attached hydrogen (secondary N) is 2. The standard InChI is InChI=1S/C5H4N4O.C4H6O2/c10-5-3-4(7-1-6-3)8-2-9-5;1-2-3-4(5)6/h1-2H,(H2,6,7,8,9,10);2-3H,1H3,(H,5,6). The Labute approximate surface area is 89.9 Å². The van der Waals surface area contributed by atoms with E-state index in [2.05, 4.69) is 19.9 Å². The van der Waals surface area contributed by atoms with Crippen LogP contribution >= 0.6 is 0 Å². The summed E-state index contributed by atoms with van der Waals surface area (Å²) in [6.07, 6.45) is 5.32. The Morgan fingerprint density at radius 3 is 2.44 bits per heavy atom. The summed E-state index contributed by atoms with van der Waals surface area (Å²) in [7, 11) is 0. The van der Waals surface area contributed by atoms with Crippen LogP contribution in [0, 0.1) is 0 Å². The molecule has 2 heterocycles. The first kappa shape index (κ1) is 11.6. The average molecular weight is 222 g/mol. The Hall–Kier alpha value is -2.44. The Balaban J connectivity index is 0.000000187. The van der Waals surface area contributed by atoms with Gasteiger partial charge in [0.25, 0.3) is 5.56 Å². The summed E-state index contributed by atoms with van der Waals surface area (Å²) in [6.45, 7) is 1.66. The number of rotatable bonds is 1. The second kappa shape index (κ2) is 5.44. The van der Waals surface area contributed by atoms with E-state index >= 15 is 0 Å². The lowest BCUT2D eigenvalue weighted by atomic mass is 10.5. The molecule has 16 heavy (non-hydrogen) atoms. The topological polar surface area (TPSA) is 112 Å². The van der Waals surface area contributed by atoms with Crippen LogP contribution in [0.5, 0.6) is 0 Å². The Morgan fingerprint density at radius 1 is 1.38 bits per heavy atom. The van der Waals surface area contributed by atoms with Gasteiger partial charge in [0, 0.05) is 6.08 Å². The van der Waals surface area contributed by atoms with Crippen molar-refractivity contribution in [1.29, 1.82) is 0 Å². The second-order valence-corrected chi connectivity index (χ2v) is 2.67. The SMILES string of the molecule is CC=CC(=O)O.O=c1[nH]cnc2nc[nH]c12. The Kier molecular flexibility index (Phi) is 3.96. The van der Waals surface area contributed by atoms with Crippen LogP contribution in [-0.4, -0.2) is 31.0 Å². The van der Waals surface area contributed by atoms with Gasteiger partial charge in [0.2, 0.25) is 0 Å². The minimum atomic E-state index is -0.891. The van der Waals surface area contributed by atoms with E-state index in [1.165, 1.54) is 18.7 Å². The van der Waals surface area contributed by atoms with Crippen LogP contribution in [0.4, 0.5) is 0 Å². The molecule has 0 aliphatic rings. The van der Waals surface area contributed by atoms with E-state index in [1.807, 2.05) is 0 Å². The van der Waals surface area contributed by atoms with Crippen molar-refractivity contribution in [1.82, 2.24) is 19.9 Å². The number of carboxylic acid groups (broad SMARTS) is 1. The van der Waals surface area contributed by atoms with Crippen molar-refractivity contribution in [3.05, 3.63) is 35.2 Å². The third kappa shape index (κ3) is 3.05. The molecule has 0 bridgehead atoms. The molecule has 7 heteroatoms. The number of aliphatic carboxylic acids is 1. The zero-order valence-electron chi connectivity index (χ0n) is 8.47. The van der Waals surface area contributed by atoms with E-state index in [-0.39, 0.29) is 5.56 Å². The maximum atomic E-state index is 10.9. The van der Waals surface area contributed by atoms with Gasteiger partial charge in [-0.3, -0.25) is 4.79 Å². The van der Waals surface area contributed by atoms with Crippen LogP contribution in [0.25, 0.3) is 11.2 Å². The average Bonchev–Trinajstić information content (AvgIpc) is 2.67. The molecule has 2 aromatic heterocycles. The summed E-state index contributed by atoms with van der Waals surface area (Å²) in [6, 6.07) is 0. The molecule has 3 N–H and O–H groups in total. The maximum absolute atomic E-state index is 10.9. The van der Waals surface area contributed by atoms with Gasteiger partial charge in [-0.1, -0.05) is 6.08 Å². The van der Waals surface area contributed by atoms with Gasteiger partial charge >= 0.3 is 5.97 Å². The number of imidazole rings is 1. The molecule has 0 aliphatic heterocycles. The molecule has 0 spiro atoms. The second-order valence-electron chi connectivity index (χ2n) is 2.67. The van der Waals surface area contributed by atoms with Crippen molar-refractivity contribution in [2.24, 2.45) is 0 Å². The van der Waals surface area contributed by atoms with Crippen LogP contribution in [0.1, 0.15) is 6.92 Å². The van der Waals surface area contributed by atoms with Crippen molar-refractivity contribution >= 4 is 17.1 Å². The highest BCUT2D eigenvalue weighted by molar-refractivity contribution is 5.79. The van der Waals surface area contributed by atoms with Crippen molar-refractivity contribution in [2.75, 3.05) is 0 Å². The predicted molar refractivity (Wildman–Crippen MR) is 57.0 cm³/mol. The molecule has 0 radical (unpaired) electrons. The molecule has 0 saturated carbocycles. The van der Waals surface area contributed by atoms with E-state index < -0.39 is 5.97 Å². The summed E-state index contributed by atoms with van der Waals surface area (Å²) in [4.78, 5) is 33.1. The first-order chi connectivity index (χ1) is 7.65. The largest absolute Gasteiger partial charge is 0.478 e. The van der Waals surface area contributed by atoms with Gasteiger partial charge in [0.15, 0.2) is 11.2 Å². The number of nitrogens with zero attached hydrogens (tertiary/aromatic N) is 2. The van der Waals surface area contributed by atoms with Gasteiger partial charge in [0.05, 0.1) is 12.7 Å². The fourth-order valence-corrected chi connectivity index (χ4v) is 0.919. The highest BCUT2D eigenvalue weighted by atomic mass is 16.4. The van der Waals surface area contributed by atoms with Crippen LogP contribution in [-0.2, 0) is 4.79 Å². The summed E-state index contributed by atoms with van der Waals surface area (Å²) in [5.74, 6) is -0.891. The molecular weight excluding hydrogens is 212 g/mol. The zero-order valence-corrected chi connectivity index (χ0v) is 8.47. The van der Waals surface area contributed by atoms with E-state index in [0.717, 1.165) is 6.08 Å². The maximum Gasteiger partial charge on any atom is 0.327 e. The van der Waals surface area contributed by atoms with Crippen LogP contribution in [0.15, 0.2) is 29.6 Å². The monoisotopic (exact) mass is 222 g/mol. The number of aromatic amines is 2. The van der Waals surface area contributed by atoms with Crippen molar-refractivity contribution in [3.63, 3.8) is 0 Å². The molecule has 0 saturated heterocycles. The van der Waals surface area contributed by atoms with E-state index in [1.54, 1.807) is 6.92 Å². The molecule has 84 valence electrons. The molecule has 0 aliphatic carbocycles. The number of hydrogen-bond acceptors (Lipinski definition) is 4. The van der Waals surface area contributed by atoms with Gasteiger partial charge in [-0.2, -0.15) is 0 Å². The first-order valence-corrected chi connectivity index (χ1v) is 4.37. The molecule has 0 unspecified atom stereocenters. The first-order valence-electron chi connectivity index (χ1n) is 4.37. The van der Waals surface area contributed by atoms with Gasteiger partial charge < -0.3 is 15.1 Å². The normalized spacial score (nSPS) is 10.1. The molecule has 0 fully saturated rings. The van der Waals surface area contributed by atoms with E-state index in [4.69, 9.17) is 5.11 Å². The molecule has 0 atom stereocenters. The van der Waals surface area contributed by atoms with Crippen molar-refractivity contribution < 1.29 is 9.90 Å². The number of aromatic nitrogens is 4. The smallest absolute Gasteiger partial charge is 0.327 e. The van der Waals surface area contributed by atoms with Crippen LogP contribution < -0.4 is 5.56 Å². The summed E-state index contributed by atoms with van der Waals surface area (Å²) < 4.78 is 0.